The van der Waals surface area contributed by atoms with E-state index in [0.717, 1.165) is 24.3 Å². The van der Waals surface area contributed by atoms with E-state index in [0.29, 0.717) is 27.1 Å². The largest absolute Gasteiger partial charge is 0.478 e. The molecule has 0 spiro atoms. The van der Waals surface area contributed by atoms with Gasteiger partial charge in [0.25, 0.3) is 5.91 Å². The maximum absolute atomic E-state index is 12.7. The molecule has 0 unspecified atom stereocenters. The van der Waals surface area contributed by atoms with Crippen LogP contribution in [0.2, 0.25) is 0 Å². The first-order valence-corrected chi connectivity index (χ1v) is 16.9. The summed E-state index contributed by atoms with van der Waals surface area (Å²) in [5.74, 6) is -0.571. The molecule has 6 rings (SSSR count). The second kappa shape index (κ2) is 19.0. The molecule has 4 aromatic carbocycles. The number of pyridine rings is 2. The second-order valence-electron chi connectivity index (χ2n) is 12.4. The number of ether oxygens (including phenoxy) is 2. The van der Waals surface area contributed by atoms with Crippen LogP contribution in [0.5, 0.6) is 23.3 Å². The Morgan fingerprint density at radius 1 is 0.667 bits per heavy atom. The van der Waals surface area contributed by atoms with Crippen molar-refractivity contribution >= 4 is 33.4 Å². The third-order valence-corrected chi connectivity index (χ3v) is 7.70. The number of nitrogens with one attached hydrogen (secondary N) is 1. The van der Waals surface area contributed by atoms with Gasteiger partial charge in [-0.05, 0) is 122 Å². The molecule has 2 aromatic heterocycles. The van der Waals surface area contributed by atoms with Crippen molar-refractivity contribution in [2.24, 2.45) is 5.73 Å². The van der Waals surface area contributed by atoms with Crippen molar-refractivity contribution in [2.45, 2.75) is 38.3 Å². The van der Waals surface area contributed by atoms with Gasteiger partial charge < -0.3 is 35.8 Å². The lowest BCUT2D eigenvalue weighted by Gasteiger charge is -2.12. The van der Waals surface area contributed by atoms with Crippen molar-refractivity contribution in [3.05, 3.63) is 132 Å². The summed E-state index contributed by atoms with van der Waals surface area (Å²) in [6, 6.07) is 20.8. The number of aromatic nitrogens is 2. The molecule has 0 aliphatic carbocycles. The Morgan fingerprint density at radius 3 is 1.44 bits per heavy atom. The number of carboxylic acids is 1. The Hall–Kier alpha value is -6.30. The van der Waals surface area contributed by atoms with Crippen molar-refractivity contribution in [1.29, 1.82) is 0 Å². The smallest absolute Gasteiger partial charge is 0.416 e. The van der Waals surface area contributed by atoms with E-state index in [9.17, 15) is 35.9 Å². The quantitative estimate of drug-likeness (QED) is 0.0896. The van der Waals surface area contributed by atoms with Crippen LogP contribution < -0.4 is 20.5 Å². The minimum absolute atomic E-state index is 0.0602. The Labute approximate surface area is 321 Å². The molecule has 2 heterocycles. The van der Waals surface area contributed by atoms with Gasteiger partial charge in [-0.2, -0.15) is 26.3 Å². The maximum Gasteiger partial charge on any atom is 0.416 e. The van der Waals surface area contributed by atoms with E-state index < -0.39 is 29.4 Å². The van der Waals surface area contributed by atoms with E-state index in [4.69, 9.17) is 30.5 Å². The van der Waals surface area contributed by atoms with Crippen LogP contribution in [0.3, 0.4) is 0 Å². The zero-order chi connectivity index (χ0) is 41.9. The van der Waals surface area contributed by atoms with Crippen molar-refractivity contribution in [2.75, 3.05) is 13.2 Å². The number of fused-ring (bicyclic) bond motifs is 2. The van der Waals surface area contributed by atoms with E-state index in [2.05, 4.69) is 15.3 Å². The number of aliphatic hydroxyl groups is 2. The van der Waals surface area contributed by atoms with Gasteiger partial charge in [0.1, 0.15) is 11.5 Å². The molecule has 6 aromatic rings. The van der Waals surface area contributed by atoms with Gasteiger partial charge in [0.15, 0.2) is 0 Å². The Kier molecular flexibility index (Phi) is 14.5. The number of nitrogens with zero attached hydrogens (tertiary/aromatic N) is 2. The van der Waals surface area contributed by atoms with E-state index in [-0.39, 0.29) is 60.0 Å². The number of benzene rings is 4. The number of amides is 1. The first kappa shape index (κ1) is 43.4. The minimum Gasteiger partial charge on any atom is -0.478 e. The van der Waals surface area contributed by atoms with Crippen LogP contribution in [0.1, 0.15) is 45.7 Å². The molecule has 0 aliphatic heterocycles. The number of nitrogens with two attached hydrogens (primary N) is 1. The van der Waals surface area contributed by atoms with Gasteiger partial charge in [-0.25, -0.2) is 14.8 Å². The highest BCUT2D eigenvalue weighted by atomic mass is 19.4. The molecule has 17 heteroatoms. The van der Waals surface area contributed by atoms with Crippen LogP contribution >= 0.6 is 0 Å². The zero-order valence-corrected chi connectivity index (χ0v) is 30.2. The fourth-order valence-corrected chi connectivity index (χ4v) is 4.74. The number of alkyl halides is 6. The predicted octanol–water partition coefficient (Wildman–Crippen LogP) is 8.23. The van der Waals surface area contributed by atoms with Crippen molar-refractivity contribution < 1.29 is 60.7 Å². The summed E-state index contributed by atoms with van der Waals surface area (Å²) in [6.45, 7) is 3.34. The summed E-state index contributed by atoms with van der Waals surface area (Å²) in [7, 11) is 0. The molecule has 0 aliphatic rings. The van der Waals surface area contributed by atoms with Crippen LogP contribution in [0, 0.1) is 0 Å². The second-order valence-corrected chi connectivity index (χ2v) is 12.4. The number of aliphatic hydroxyl groups excluding tert-OH is 2. The topological polar surface area (TPSA) is 177 Å². The summed E-state index contributed by atoms with van der Waals surface area (Å²) < 4.78 is 86.8. The lowest BCUT2D eigenvalue weighted by molar-refractivity contribution is -0.138. The highest BCUT2D eigenvalue weighted by molar-refractivity contribution is 5.99. The average molecular weight is 799 g/mol. The Balaban J connectivity index is 0.000000228. The third-order valence-electron chi connectivity index (χ3n) is 7.70. The van der Waals surface area contributed by atoms with Gasteiger partial charge in [-0.3, -0.25) is 4.79 Å². The van der Waals surface area contributed by atoms with Crippen LogP contribution in [0.15, 0.2) is 109 Å². The van der Waals surface area contributed by atoms with Gasteiger partial charge in [0.2, 0.25) is 11.8 Å². The van der Waals surface area contributed by atoms with Crippen LogP contribution in [0.25, 0.3) is 21.5 Å². The lowest BCUT2D eigenvalue weighted by Crippen LogP contribution is -2.34. The molecule has 2 atom stereocenters. The van der Waals surface area contributed by atoms with Crippen LogP contribution in [-0.4, -0.2) is 62.5 Å². The molecule has 0 saturated heterocycles. The highest BCUT2D eigenvalue weighted by Gasteiger charge is 2.31. The van der Waals surface area contributed by atoms with E-state index in [1.165, 1.54) is 48.8 Å². The number of halogens is 6. The molecule has 6 N–H and O–H groups in total. The number of hydrogen-bond acceptors (Lipinski definition) is 9. The summed E-state index contributed by atoms with van der Waals surface area (Å²) in [5.41, 5.74) is 4.03. The summed E-state index contributed by atoms with van der Waals surface area (Å²) in [6.07, 6.45) is -5.91. The number of aromatic carboxylic acids is 1. The van der Waals surface area contributed by atoms with E-state index >= 15 is 0 Å². The van der Waals surface area contributed by atoms with Crippen LogP contribution in [-0.2, 0) is 12.4 Å². The molecule has 300 valence electrons. The van der Waals surface area contributed by atoms with Gasteiger partial charge in [0.05, 0.1) is 29.9 Å². The lowest BCUT2D eigenvalue weighted by atomic mass is 10.1. The summed E-state index contributed by atoms with van der Waals surface area (Å²) in [4.78, 5) is 31.4. The predicted molar refractivity (Wildman–Crippen MR) is 198 cm³/mol. The monoisotopic (exact) mass is 798 g/mol. The summed E-state index contributed by atoms with van der Waals surface area (Å²) in [5, 5.41) is 31.2. The minimum atomic E-state index is -4.42. The fourth-order valence-electron chi connectivity index (χ4n) is 4.74. The van der Waals surface area contributed by atoms with Gasteiger partial charge in [0, 0.05) is 40.8 Å². The van der Waals surface area contributed by atoms with Gasteiger partial charge in [-0.1, -0.05) is 0 Å². The van der Waals surface area contributed by atoms with Gasteiger partial charge >= 0.3 is 18.3 Å². The number of carbonyl (C=O) groups excluding carboxylic acids is 1. The molecule has 1 amide bonds. The molecule has 11 nitrogen and oxygen atoms in total. The van der Waals surface area contributed by atoms with Crippen molar-refractivity contribution in [1.82, 2.24) is 15.3 Å². The molecular formula is C40H36F6N4O7. The van der Waals surface area contributed by atoms with Gasteiger partial charge in [-0.15, -0.1) is 0 Å². The molecule has 0 radical (unpaired) electrons. The normalized spacial score (nSPS) is 12.3. The van der Waals surface area contributed by atoms with Crippen LogP contribution in [0.4, 0.5) is 26.3 Å². The van der Waals surface area contributed by atoms with Crippen molar-refractivity contribution in [3.8, 4) is 23.3 Å². The molecule has 0 saturated carbocycles. The molecule has 0 fully saturated rings. The zero-order valence-electron chi connectivity index (χ0n) is 30.2. The SMILES string of the molecule is C[C@@H](N)CO.C[C@H](CO)NC(=O)c1ccc2c(Oc3ccc(C(F)(F)F)cc3)nccc2c1.O=C(O)c1ccc2c(Oc3ccc(C(F)(F)F)cc3)nccc2c1. The highest BCUT2D eigenvalue weighted by Crippen LogP contribution is 2.34. The number of carbonyl (C=O) groups is 2. The third kappa shape index (κ3) is 12.3. The Bertz CT molecular complexity index is 2290. The van der Waals surface area contributed by atoms with E-state index in [1.807, 2.05) is 0 Å². The first-order valence-electron chi connectivity index (χ1n) is 16.9. The number of rotatable bonds is 9. The Morgan fingerprint density at radius 2 is 1.07 bits per heavy atom. The number of carboxylic acid groups (broad SMARTS) is 1. The fraction of sp³-hybridized carbons (Fsp3) is 0.200. The number of hydrogen-bond donors (Lipinski definition) is 5. The molecule has 0 bridgehead atoms. The molecule has 57 heavy (non-hydrogen) atoms. The standard InChI is InChI=1S/C20H17F3N2O3.C17H10F3NO3.C3H9NO/c1-12(11-26)25-18(27)14-2-7-17-13(10-14)8-9-24-19(17)28-16-5-3-15(4-6-16)20(21,22)23;18-17(19,20)12-2-4-13(5-3-12)24-15-14-6-1-11(16(22)23)9-10(14)7-8-21-15;1-3(4)2-5/h2-10,12,26H,11H2,1H3,(H,25,27);1-9H,(H,22,23);3,5H,2,4H2,1H3/t12-;;3-/m1.1/s1. The first-order chi connectivity index (χ1) is 26.9. The molecular weight excluding hydrogens is 762 g/mol. The average Bonchev–Trinajstić information content (AvgIpc) is 3.17. The van der Waals surface area contributed by atoms with E-state index in [1.54, 1.807) is 50.2 Å². The van der Waals surface area contributed by atoms with Crippen molar-refractivity contribution in [3.63, 3.8) is 0 Å². The maximum atomic E-state index is 12.7. The summed E-state index contributed by atoms with van der Waals surface area (Å²) >= 11 is 0.